The van der Waals surface area contributed by atoms with E-state index in [4.69, 9.17) is 4.74 Å². The first-order chi connectivity index (χ1) is 14.5. The summed E-state index contributed by atoms with van der Waals surface area (Å²) in [6.07, 6.45) is 3.30. The molecule has 2 aliphatic heterocycles. The van der Waals surface area contributed by atoms with Crippen LogP contribution in [0.25, 0.3) is 11.1 Å². The molecule has 7 nitrogen and oxygen atoms in total. The van der Waals surface area contributed by atoms with Crippen LogP contribution in [-0.2, 0) is 9.53 Å². The third kappa shape index (κ3) is 4.31. The lowest BCUT2D eigenvalue weighted by Crippen LogP contribution is -2.52. The molecular formula is C23H28N4O3. The topological polar surface area (TPSA) is 66.0 Å². The number of benzene rings is 1. The van der Waals surface area contributed by atoms with Crippen molar-refractivity contribution in [1.29, 1.82) is 0 Å². The molecule has 2 aliphatic rings. The summed E-state index contributed by atoms with van der Waals surface area (Å²) in [5, 5.41) is 0. The molecule has 2 saturated heterocycles. The van der Waals surface area contributed by atoms with Crippen molar-refractivity contribution in [3.8, 4) is 11.1 Å². The Bertz CT molecular complexity index is 882. The van der Waals surface area contributed by atoms with Gasteiger partial charge in [0.2, 0.25) is 0 Å². The monoisotopic (exact) mass is 408 g/mol. The third-order valence-electron chi connectivity index (χ3n) is 5.75. The van der Waals surface area contributed by atoms with Crippen molar-refractivity contribution >= 4 is 17.6 Å². The number of aromatic nitrogens is 1. The third-order valence-corrected chi connectivity index (χ3v) is 5.75. The zero-order valence-corrected chi connectivity index (χ0v) is 17.6. The molecule has 0 radical (unpaired) electrons. The normalized spacial score (nSPS) is 19.1. The van der Waals surface area contributed by atoms with Gasteiger partial charge in [0.1, 0.15) is 11.9 Å². The second-order valence-electron chi connectivity index (χ2n) is 8.00. The Hall–Kier alpha value is -2.93. The van der Waals surface area contributed by atoms with Crippen LogP contribution >= 0.6 is 0 Å². The summed E-state index contributed by atoms with van der Waals surface area (Å²) >= 11 is 0. The summed E-state index contributed by atoms with van der Waals surface area (Å²) in [6.45, 7) is 2.89. The van der Waals surface area contributed by atoms with Crippen molar-refractivity contribution in [2.24, 2.45) is 0 Å². The lowest BCUT2D eigenvalue weighted by Gasteiger charge is -2.35. The Morgan fingerprint density at radius 1 is 0.967 bits per heavy atom. The molecule has 2 fully saturated rings. The van der Waals surface area contributed by atoms with Crippen molar-refractivity contribution < 1.29 is 14.3 Å². The number of carbonyl (C=O) groups excluding carboxylic acids is 2. The van der Waals surface area contributed by atoms with Gasteiger partial charge in [-0.05, 0) is 42.7 Å². The Morgan fingerprint density at radius 3 is 2.20 bits per heavy atom. The molecule has 0 bridgehead atoms. The highest BCUT2D eigenvalue weighted by molar-refractivity contribution is 5.95. The predicted octanol–water partition coefficient (Wildman–Crippen LogP) is 2.28. The molecular weight excluding hydrogens is 380 g/mol. The number of hydrogen-bond donors (Lipinski definition) is 0. The minimum atomic E-state index is -0.291. The number of rotatable bonds is 4. The van der Waals surface area contributed by atoms with Crippen LogP contribution in [-0.4, -0.2) is 79.6 Å². The molecule has 0 saturated carbocycles. The Labute approximate surface area is 177 Å². The molecule has 1 aromatic carbocycles. The van der Waals surface area contributed by atoms with Gasteiger partial charge in [0.05, 0.1) is 0 Å². The highest BCUT2D eigenvalue weighted by Crippen LogP contribution is 2.22. The number of ether oxygens (including phenoxy) is 1. The fourth-order valence-electron chi connectivity index (χ4n) is 3.92. The van der Waals surface area contributed by atoms with E-state index >= 15 is 0 Å². The van der Waals surface area contributed by atoms with Gasteiger partial charge in [-0.25, -0.2) is 4.98 Å². The Kier molecular flexibility index (Phi) is 5.99. The van der Waals surface area contributed by atoms with Crippen molar-refractivity contribution in [2.75, 3.05) is 51.8 Å². The first-order valence-electron chi connectivity index (χ1n) is 10.5. The second kappa shape index (κ2) is 8.83. The fraction of sp³-hybridized carbons (Fsp3) is 0.435. The van der Waals surface area contributed by atoms with Gasteiger partial charge < -0.3 is 19.4 Å². The fourth-order valence-corrected chi connectivity index (χ4v) is 3.92. The average Bonchev–Trinajstić information content (AvgIpc) is 3.33. The van der Waals surface area contributed by atoms with Gasteiger partial charge in [0.15, 0.2) is 0 Å². The molecule has 2 amide bonds. The maximum Gasteiger partial charge on any atom is 0.253 e. The van der Waals surface area contributed by atoms with Gasteiger partial charge in [-0.3, -0.25) is 9.59 Å². The van der Waals surface area contributed by atoms with E-state index in [0.29, 0.717) is 38.3 Å². The molecule has 0 unspecified atom stereocenters. The quantitative estimate of drug-likeness (QED) is 0.777. The highest BCUT2D eigenvalue weighted by Gasteiger charge is 2.31. The zero-order valence-electron chi connectivity index (χ0n) is 17.6. The first kappa shape index (κ1) is 20.3. The standard InChI is InChI=1S/C23H28N4O3/c1-25(2)21-10-9-19(16-24-21)17-5-7-18(8-6-17)22(28)26-11-13-27(14-12-26)23(29)20-4-3-15-30-20/h5-10,16,20H,3-4,11-15H2,1-2H3/t20-/m0/s1. The van der Waals surface area contributed by atoms with Crippen molar-refractivity contribution in [2.45, 2.75) is 18.9 Å². The summed E-state index contributed by atoms with van der Waals surface area (Å²) in [4.78, 5) is 35.4. The zero-order chi connectivity index (χ0) is 21.1. The van der Waals surface area contributed by atoms with Crippen LogP contribution in [0, 0.1) is 0 Å². The first-order valence-corrected chi connectivity index (χ1v) is 10.5. The van der Waals surface area contributed by atoms with E-state index in [1.807, 2.05) is 71.4 Å². The van der Waals surface area contributed by atoms with E-state index in [0.717, 1.165) is 29.8 Å². The number of pyridine rings is 1. The van der Waals surface area contributed by atoms with E-state index in [9.17, 15) is 9.59 Å². The van der Waals surface area contributed by atoms with Gasteiger partial charge in [0, 0.05) is 64.2 Å². The van der Waals surface area contributed by atoms with Crippen molar-refractivity contribution in [3.63, 3.8) is 0 Å². The lowest BCUT2D eigenvalue weighted by molar-refractivity contribution is -0.142. The molecule has 158 valence electrons. The largest absolute Gasteiger partial charge is 0.368 e. The van der Waals surface area contributed by atoms with Crippen molar-refractivity contribution in [1.82, 2.24) is 14.8 Å². The number of nitrogens with zero attached hydrogens (tertiary/aromatic N) is 4. The molecule has 0 aliphatic carbocycles. The highest BCUT2D eigenvalue weighted by atomic mass is 16.5. The van der Waals surface area contributed by atoms with Gasteiger partial charge in [-0.1, -0.05) is 12.1 Å². The van der Waals surface area contributed by atoms with Gasteiger partial charge in [0.25, 0.3) is 11.8 Å². The smallest absolute Gasteiger partial charge is 0.253 e. The lowest BCUT2D eigenvalue weighted by atomic mass is 10.0. The van der Waals surface area contributed by atoms with Crippen LogP contribution in [0.2, 0.25) is 0 Å². The van der Waals surface area contributed by atoms with E-state index in [1.54, 1.807) is 0 Å². The molecule has 0 N–H and O–H groups in total. The Morgan fingerprint density at radius 2 is 1.63 bits per heavy atom. The van der Waals surface area contributed by atoms with Crippen LogP contribution < -0.4 is 4.90 Å². The summed E-state index contributed by atoms with van der Waals surface area (Å²) in [5.74, 6) is 0.979. The number of carbonyl (C=O) groups is 2. The minimum absolute atomic E-state index is 0.00634. The number of hydrogen-bond acceptors (Lipinski definition) is 5. The molecule has 1 aromatic heterocycles. The van der Waals surface area contributed by atoms with Crippen LogP contribution in [0.4, 0.5) is 5.82 Å². The predicted molar refractivity (Wildman–Crippen MR) is 115 cm³/mol. The van der Waals surface area contributed by atoms with Gasteiger partial charge in [-0.15, -0.1) is 0 Å². The molecule has 1 atom stereocenters. The summed E-state index contributed by atoms with van der Waals surface area (Å²) in [6, 6.07) is 11.6. The summed E-state index contributed by atoms with van der Waals surface area (Å²) in [5.41, 5.74) is 2.70. The second-order valence-corrected chi connectivity index (χ2v) is 8.00. The van der Waals surface area contributed by atoms with E-state index < -0.39 is 0 Å². The van der Waals surface area contributed by atoms with Crippen LogP contribution in [0.5, 0.6) is 0 Å². The maximum absolute atomic E-state index is 12.9. The van der Waals surface area contributed by atoms with Crippen LogP contribution in [0.3, 0.4) is 0 Å². The Balaban J connectivity index is 1.35. The van der Waals surface area contributed by atoms with E-state index in [-0.39, 0.29) is 17.9 Å². The molecule has 4 rings (SSSR count). The van der Waals surface area contributed by atoms with Gasteiger partial charge >= 0.3 is 0 Å². The average molecular weight is 409 g/mol. The molecule has 2 aromatic rings. The molecule has 7 heteroatoms. The van der Waals surface area contributed by atoms with Gasteiger partial charge in [-0.2, -0.15) is 0 Å². The molecule has 0 spiro atoms. The van der Waals surface area contributed by atoms with E-state index in [1.165, 1.54) is 0 Å². The molecule has 3 heterocycles. The minimum Gasteiger partial charge on any atom is -0.368 e. The number of amides is 2. The van der Waals surface area contributed by atoms with E-state index in [2.05, 4.69) is 4.98 Å². The number of piperazine rings is 1. The van der Waals surface area contributed by atoms with Crippen LogP contribution in [0.1, 0.15) is 23.2 Å². The maximum atomic E-state index is 12.9. The molecule has 30 heavy (non-hydrogen) atoms. The summed E-state index contributed by atoms with van der Waals surface area (Å²) < 4.78 is 5.50. The SMILES string of the molecule is CN(C)c1ccc(-c2ccc(C(=O)N3CCN(C(=O)[C@@H]4CCCO4)CC3)cc2)cn1. The van der Waals surface area contributed by atoms with Crippen molar-refractivity contribution in [3.05, 3.63) is 48.2 Å². The number of anilines is 1. The van der Waals surface area contributed by atoms with Crippen LogP contribution in [0.15, 0.2) is 42.6 Å². The summed E-state index contributed by atoms with van der Waals surface area (Å²) in [7, 11) is 3.92.